The summed E-state index contributed by atoms with van der Waals surface area (Å²) in [5.74, 6) is 0.669. The van der Waals surface area contributed by atoms with Gasteiger partial charge in [-0.15, -0.1) is 0 Å². The number of nitrogens with zero attached hydrogens (tertiary/aromatic N) is 3. The van der Waals surface area contributed by atoms with Crippen LogP contribution >= 0.6 is 0 Å². The molecule has 2 aliphatic carbocycles. The first-order valence-electron chi connectivity index (χ1n) is 15.8. The van der Waals surface area contributed by atoms with Crippen molar-refractivity contribution in [2.75, 3.05) is 30.5 Å². The molecule has 6 aliphatic rings. The van der Waals surface area contributed by atoms with Gasteiger partial charge in [0.2, 0.25) is 0 Å². The van der Waals surface area contributed by atoms with E-state index in [1.165, 1.54) is 0 Å². The Balaban J connectivity index is 0.894. The zero-order chi connectivity index (χ0) is 29.2. The van der Waals surface area contributed by atoms with E-state index in [1.807, 2.05) is 0 Å². The van der Waals surface area contributed by atoms with Crippen LogP contribution in [0.25, 0.3) is 0 Å². The fourth-order valence-corrected chi connectivity index (χ4v) is 7.84. The van der Waals surface area contributed by atoms with Crippen molar-refractivity contribution >= 4 is 11.4 Å². The van der Waals surface area contributed by atoms with E-state index in [0.717, 1.165) is 55.5 Å². The van der Waals surface area contributed by atoms with Gasteiger partial charge in [0.05, 0.1) is 54.1 Å². The van der Waals surface area contributed by atoms with Gasteiger partial charge in [-0.2, -0.15) is 5.26 Å². The number of nitrogens with one attached hydrogen (secondary N) is 5. The summed E-state index contributed by atoms with van der Waals surface area (Å²) in [6.45, 7) is 6.13. The first-order valence-corrected chi connectivity index (χ1v) is 15.8. The Labute approximate surface area is 248 Å². The number of fused-ring (bicyclic) bond motifs is 2. The molecule has 2 saturated carbocycles. The second-order valence-corrected chi connectivity index (χ2v) is 13.7. The van der Waals surface area contributed by atoms with Gasteiger partial charge in [-0.1, -0.05) is 6.07 Å². The van der Waals surface area contributed by atoms with E-state index in [4.69, 9.17) is 10.5 Å². The highest BCUT2D eigenvalue weighted by Crippen LogP contribution is 2.49. The van der Waals surface area contributed by atoms with E-state index < -0.39 is 24.5 Å². The molecule has 5 fully saturated rings. The van der Waals surface area contributed by atoms with Gasteiger partial charge in [0.1, 0.15) is 24.5 Å². The molecule has 7 rings (SSSR count). The van der Waals surface area contributed by atoms with Crippen molar-refractivity contribution in [2.45, 2.75) is 119 Å². The van der Waals surface area contributed by atoms with Crippen LogP contribution < -0.4 is 32.3 Å². The molecule has 4 aliphatic heterocycles. The molecule has 4 heterocycles. The third kappa shape index (κ3) is 5.08. The van der Waals surface area contributed by atoms with E-state index in [1.54, 1.807) is 0 Å². The van der Waals surface area contributed by atoms with Gasteiger partial charge >= 0.3 is 0 Å². The van der Waals surface area contributed by atoms with E-state index in [-0.39, 0.29) is 30.0 Å². The normalized spacial score (nSPS) is 40.2. The summed E-state index contributed by atoms with van der Waals surface area (Å²) in [6.07, 6.45) is 3.40. The van der Waals surface area contributed by atoms with Crippen molar-refractivity contribution in [3.8, 4) is 6.07 Å². The number of nitriles is 1. The van der Waals surface area contributed by atoms with E-state index in [2.05, 4.69) is 74.5 Å². The smallest absolute Gasteiger partial charge is 0.142 e. The average Bonchev–Trinajstić information content (AvgIpc) is 3.33. The number of hydrogen-bond donors (Lipinski definition) is 8. The minimum atomic E-state index is -0.979. The van der Waals surface area contributed by atoms with Crippen molar-refractivity contribution in [3.05, 3.63) is 23.8 Å². The van der Waals surface area contributed by atoms with Crippen molar-refractivity contribution < 1.29 is 14.9 Å². The van der Waals surface area contributed by atoms with Crippen LogP contribution in [0.1, 0.15) is 57.9 Å². The monoisotopic (exact) mass is 581 g/mol. The van der Waals surface area contributed by atoms with Gasteiger partial charge in [-0.25, -0.2) is 4.90 Å². The van der Waals surface area contributed by atoms with Crippen LogP contribution in [0.3, 0.4) is 0 Å². The first kappa shape index (κ1) is 28.7. The highest BCUT2D eigenvalue weighted by molar-refractivity contribution is 5.76. The summed E-state index contributed by atoms with van der Waals surface area (Å²) in [5, 5.41) is 48.8. The summed E-state index contributed by atoms with van der Waals surface area (Å²) >= 11 is 0. The topological polar surface area (TPSA) is 166 Å². The summed E-state index contributed by atoms with van der Waals surface area (Å²) in [6, 6.07) is 9.66. The third-order valence-electron chi connectivity index (χ3n) is 10.7. The SMILES string of the molecule is CC(C)N(C[C@H]1O[C@@H](N2CNC3C(N)NCNC32)[C@H](O)[C@@H]1O)[C@H]1C[C@@H](CCC2Nc3ccc(C4(C#N)CC4)cc3N2)C1. The first-order chi connectivity index (χ1) is 20.3. The van der Waals surface area contributed by atoms with Gasteiger partial charge < -0.3 is 31.3 Å². The number of aliphatic hydroxyl groups is 2. The average molecular weight is 582 g/mol. The van der Waals surface area contributed by atoms with Crippen LogP contribution in [0.15, 0.2) is 18.2 Å². The minimum Gasteiger partial charge on any atom is -0.387 e. The predicted molar refractivity (Wildman–Crippen MR) is 159 cm³/mol. The lowest BCUT2D eigenvalue weighted by molar-refractivity contribution is -0.112. The fraction of sp³-hybridized carbons (Fsp3) is 0.767. The molecule has 1 aromatic carbocycles. The molecule has 3 saturated heterocycles. The maximum atomic E-state index is 11.0. The number of benzene rings is 1. The fourth-order valence-electron chi connectivity index (χ4n) is 7.84. The molecular formula is C30H47N9O3. The largest absolute Gasteiger partial charge is 0.387 e. The van der Waals surface area contributed by atoms with Crippen molar-refractivity contribution in [2.24, 2.45) is 11.7 Å². The number of hydrogen-bond acceptors (Lipinski definition) is 12. The second kappa shape index (κ2) is 11.1. The molecule has 12 nitrogen and oxygen atoms in total. The zero-order valence-electron chi connectivity index (χ0n) is 24.7. The maximum Gasteiger partial charge on any atom is 0.142 e. The molecule has 4 unspecified atom stereocenters. The number of ether oxygens (including phenoxy) is 1. The standard InChI is InChI=1S/C30H47N9O3/c1-16(2)38(12-22-25(40)26(41)29(42-22)39-15-35-24-27(32)33-14-34-28(24)39)19-9-17(10-19)3-6-23-36-20-5-4-18(11-21(20)37-23)30(13-31)7-8-30/h4-5,11,16-17,19,22-29,33-37,40-41H,3,6-10,12,14-15,32H2,1-2H3/t17-,19+,22-,23?,24?,25-,26-,27?,28?,29-/m1/s1. The number of anilines is 2. The van der Waals surface area contributed by atoms with Crippen molar-refractivity contribution in [1.29, 1.82) is 5.26 Å². The van der Waals surface area contributed by atoms with Crippen LogP contribution in [-0.4, -0.2) is 101 Å². The van der Waals surface area contributed by atoms with Crippen molar-refractivity contribution in [3.63, 3.8) is 0 Å². The zero-order valence-corrected chi connectivity index (χ0v) is 24.7. The Bertz CT molecular complexity index is 1190. The Morgan fingerprint density at radius 1 is 1.12 bits per heavy atom. The lowest BCUT2D eigenvalue weighted by atomic mass is 9.76. The maximum absolute atomic E-state index is 11.0. The molecule has 0 radical (unpaired) electrons. The highest BCUT2D eigenvalue weighted by Gasteiger charge is 2.52. The van der Waals surface area contributed by atoms with Gasteiger partial charge in [0.15, 0.2) is 0 Å². The molecule has 0 amide bonds. The lowest BCUT2D eigenvalue weighted by Gasteiger charge is -2.46. The Morgan fingerprint density at radius 2 is 1.90 bits per heavy atom. The van der Waals surface area contributed by atoms with E-state index in [9.17, 15) is 15.5 Å². The van der Waals surface area contributed by atoms with E-state index in [0.29, 0.717) is 37.9 Å². The van der Waals surface area contributed by atoms with Gasteiger partial charge in [-0.3, -0.25) is 20.9 Å². The minimum absolute atomic E-state index is 0.00416. The molecular weight excluding hydrogens is 534 g/mol. The van der Waals surface area contributed by atoms with Crippen LogP contribution in [0, 0.1) is 17.2 Å². The molecule has 9 N–H and O–H groups in total. The molecule has 1 aromatic rings. The molecule has 12 heteroatoms. The third-order valence-corrected chi connectivity index (χ3v) is 10.7. The van der Waals surface area contributed by atoms with E-state index >= 15 is 0 Å². The second-order valence-electron chi connectivity index (χ2n) is 13.7. The van der Waals surface area contributed by atoms with Crippen molar-refractivity contribution in [1.82, 2.24) is 25.8 Å². The Morgan fingerprint density at radius 3 is 2.64 bits per heavy atom. The van der Waals surface area contributed by atoms with Crippen LogP contribution in [0.5, 0.6) is 0 Å². The van der Waals surface area contributed by atoms with Gasteiger partial charge in [-0.05, 0) is 76.0 Å². The molecule has 230 valence electrons. The lowest BCUT2D eigenvalue weighted by Crippen LogP contribution is -2.68. The summed E-state index contributed by atoms with van der Waals surface area (Å²) < 4.78 is 6.38. The Hall–Kier alpha value is -2.05. The number of rotatable bonds is 9. The summed E-state index contributed by atoms with van der Waals surface area (Å²) in [7, 11) is 0. The number of aliphatic hydroxyl groups excluding tert-OH is 2. The predicted octanol–water partition coefficient (Wildman–Crippen LogP) is 0.114. The molecule has 0 bridgehead atoms. The van der Waals surface area contributed by atoms with Crippen LogP contribution in [0.2, 0.25) is 0 Å². The number of nitrogens with two attached hydrogens (primary N) is 1. The molecule has 42 heavy (non-hydrogen) atoms. The molecule has 8 atom stereocenters. The van der Waals surface area contributed by atoms with Gasteiger partial charge in [0, 0.05) is 25.3 Å². The molecule has 0 aromatic heterocycles. The van der Waals surface area contributed by atoms with Crippen LogP contribution in [0.4, 0.5) is 11.4 Å². The van der Waals surface area contributed by atoms with Gasteiger partial charge in [0.25, 0.3) is 0 Å². The Kier molecular flexibility index (Phi) is 7.62. The highest BCUT2D eigenvalue weighted by atomic mass is 16.6. The summed E-state index contributed by atoms with van der Waals surface area (Å²) in [5.41, 5.74) is 9.35. The molecule has 0 spiro atoms. The van der Waals surface area contributed by atoms with Crippen LogP contribution in [-0.2, 0) is 10.2 Å². The quantitative estimate of drug-likeness (QED) is 0.199. The summed E-state index contributed by atoms with van der Waals surface area (Å²) in [4.78, 5) is 4.51.